The van der Waals surface area contributed by atoms with Gasteiger partial charge in [-0.15, -0.1) is 10.2 Å². The molecule has 0 aliphatic rings. The first-order valence-electron chi connectivity index (χ1n) is 5.70. The number of nitrogens with zero attached hydrogens (tertiary/aromatic N) is 3. The van der Waals surface area contributed by atoms with Gasteiger partial charge in [-0.1, -0.05) is 11.6 Å². The molecule has 0 bridgehead atoms. The van der Waals surface area contributed by atoms with Crippen LogP contribution in [-0.4, -0.2) is 14.6 Å². The van der Waals surface area contributed by atoms with E-state index in [1.54, 1.807) is 36.5 Å². The molecule has 6 heteroatoms. The number of anilines is 1. The lowest BCUT2D eigenvalue weighted by molar-refractivity contribution is 0.294. The molecule has 19 heavy (non-hydrogen) atoms. The molecule has 3 rings (SSSR count). The second-order valence-electron chi connectivity index (χ2n) is 4.05. The molecule has 2 heterocycles. The minimum absolute atomic E-state index is 0.312. The molecule has 0 amide bonds. The monoisotopic (exact) mass is 274 g/mol. The third kappa shape index (κ3) is 2.46. The minimum Gasteiger partial charge on any atom is -0.486 e. The molecule has 0 spiro atoms. The van der Waals surface area contributed by atoms with Gasteiger partial charge in [-0.25, -0.2) is 0 Å². The lowest BCUT2D eigenvalue weighted by Gasteiger charge is -2.05. The average Bonchev–Trinajstić information content (AvgIpc) is 2.80. The number of hydrogen-bond acceptors (Lipinski definition) is 4. The first kappa shape index (κ1) is 11.8. The number of fused-ring (bicyclic) bond motifs is 1. The van der Waals surface area contributed by atoms with Gasteiger partial charge in [0, 0.05) is 16.9 Å². The van der Waals surface area contributed by atoms with Crippen molar-refractivity contribution in [2.24, 2.45) is 0 Å². The molecule has 3 aromatic rings. The number of rotatable bonds is 3. The quantitative estimate of drug-likeness (QED) is 0.797. The van der Waals surface area contributed by atoms with E-state index >= 15 is 0 Å². The molecule has 0 aliphatic carbocycles. The molecule has 5 nitrogen and oxygen atoms in total. The Morgan fingerprint density at radius 1 is 1.11 bits per heavy atom. The van der Waals surface area contributed by atoms with Gasteiger partial charge in [-0.05, 0) is 36.4 Å². The second kappa shape index (κ2) is 4.78. The Labute approximate surface area is 114 Å². The van der Waals surface area contributed by atoms with E-state index in [9.17, 15) is 0 Å². The first-order chi connectivity index (χ1) is 9.22. The van der Waals surface area contributed by atoms with Gasteiger partial charge in [0.1, 0.15) is 12.4 Å². The van der Waals surface area contributed by atoms with E-state index in [1.807, 2.05) is 10.5 Å². The average molecular weight is 275 g/mol. The molecule has 0 saturated heterocycles. The number of nitrogen functional groups attached to an aromatic ring is 1. The van der Waals surface area contributed by atoms with Crippen molar-refractivity contribution in [1.29, 1.82) is 0 Å². The van der Waals surface area contributed by atoms with Gasteiger partial charge in [0.05, 0.1) is 0 Å². The number of hydrogen-bond donors (Lipinski definition) is 1. The summed E-state index contributed by atoms with van der Waals surface area (Å²) in [5.41, 5.74) is 7.14. The zero-order valence-corrected chi connectivity index (χ0v) is 10.7. The van der Waals surface area contributed by atoms with Crippen molar-refractivity contribution in [3.63, 3.8) is 0 Å². The molecule has 1 aromatic carbocycles. The summed E-state index contributed by atoms with van der Waals surface area (Å²) in [5, 5.41) is 8.79. The normalized spacial score (nSPS) is 10.8. The fourth-order valence-corrected chi connectivity index (χ4v) is 1.86. The van der Waals surface area contributed by atoms with Crippen LogP contribution in [0.4, 0.5) is 5.69 Å². The maximum atomic E-state index is 5.81. The summed E-state index contributed by atoms with van der Waals surface area (Å²) in [5.74, 6) is 1.42. The molecular weight excluding hydrogens is 264 g/mol. The van der Waals surface area contributed by atoms with Crippen molar-refractivity contribution >= 4 is 22.9 Å². The van der Waals surface area contributed by atoms with Crippen LogP contribution in [0.5, 0.6) is 5.75 Å². The summed E-state index contributed by atoms with van der Waals surface area (Å²) in [4.78, 5) is 0. The summed E-state index contributed by atoms with van der Waals surface area (Å²) in [6.07, 6.45) is 1.77. The maximum Gasteiger partial charge on any atom is 0.175 e. The van der Waals surface area contributed by atoms with E-state index in [4.69, 9.17) is 22.1 Å². The highest BCUT2D eigenvalue weighted by Gasteiger charge is 2.06. The van der Waals surface area contributed by atoms with Gasteiger partial charge in [0.25, 0.3) is 0 Å². The number of ether oxygens (including phenoxy) is 1. The molecule has 0 saturated carbocycles. The van der Waals surface area contributed by atoms with Crippen molar-refractivity contribution in [2.45, 2.75) is 6.61 Å². The molecule has 0 unspecified atom stereocenters. The van der Waals surface area contributed by atoms with Crippen LogP contribution in [0.1, 0.15) is 5.82 Å². The lowest BCUT2D eigenvalue weighted by Crippen LogP contribution is -2.02. The van der Waals surface area contributed by atoms with Gasteiger partial charge in [0.2, 0.25) is 0 Å². The van der Waals surface area contributed by atoms with E-state index in [-0.39, 0.29) is 0 Å². The summed E-state index contributed by atoms with van der Waals surface area (Å²) < 4.78 is 7.44. The Bertz CT molecular complexity index is 708. The predicted molar refractivity (Wildman–Crippen MR) is 73.2 cm³/mol. The fraction of sp³-hybridized carbons (Fsp3) is 0.0769. The van der Waals surface area contributed by atoms with E-state index in [0.717, 1.165) is 11.4 Å². The Hall–Kier alpha value is -2.27. The summed E-state index contributed by atoms with van der Waals surface area (Å²) >= 11 is 5.81. The number of halogens is 1. The van der Waals surface area contributed by atoms with Gasteiger partial charge in [-0.3, -0.25) is 4.40 Å². The molecule has 2 aromatic heterocycles. The van der Waals surface area contributed by atoms with Crippen LogP contribution < -0.4 is 10.5 Å². The zero-order chi connectivity index (χ0) is 13.2. The van der Waals surface area contributed by atoms with Crippen LogP contribution >= 0.6 is 11.6 Å². The largest absolute Gasteiger partial charge is 0.486 e. The van der Waals surface area contributed by atoms with E-state index in [0.29, 0.717) is 23.1 Å². The van der Waals surface area contributed by atoms with Crippen molar-refractivity contribution in [3.05, 3.63) is 53.4 Å². The van der Waals surface area contributed by atoms with Crippen LogP contribution in [0, 0.1) is 0 Å². The van der Waals surface area contributed by atoms with Gasteiger partial charge >= 0.3 is 0 Å². The molecule has 0 atom stereocenters. The van der Waals surface area contributed by atoms with Crippen molar-refractivity contribution in [2.75, 3.05) is 5.73 Å². The smallest absolute Gasteiger partial charge is 0.175 e. The zero-order valence-electron chi connectivity index (χ0n) is 9.95. The third-order valence-electron chi connectivity index (χ3n) is 2.68. The standard InChI is InChI=1S/C13H11ClN4O/c14-9-1-4-11(5-2-9)19-8-13-17-16-12-6-3-10(15)7-18(12)13/h1-7H,8,15H2. The van der Waals surface area contributed by atoms with Crippen LogP contribution in [0.2, 0.25) is 5.02 Å². The van der Waals surface area contributed by atoms with Gasteiger partial charge < -0.3 is 10.5 Å². The number of aromatic nitrogens is 3. The lowest BCUT2D eigenvalue weighted by atomic mass is 10.3. The summed E-state index contributed by atoms with van der Waals surface area (Å²) in [6, 6.07) is 10.8. The van der Waals surface area contributed by atoms with Crippen LogP contribution in [0.25, 0.3) is 5.65 Å². The highest BCUT2D eigenvalue weighted by Crippen LogP contribution is 2.17. The molecule has 0 aliphatic heterocycles. The maximum absolute atomic E-state index is 5.81. The van der Waals surface area contributed by atoms with Crippen LogP contribution in [0.3, 0.4) is 0 Å². The highest BCUT2D eigenvalue weighted by atomic mass is 35.5. The molecular formula is C13H11ClN4O. The van der Waals surface area contributed by atoms with Gasteiger partial charge in [0.15, 0.2) is 11.5 Å². The topological polar surface area (TPSA) is 65.4 Å². The third-order valence-corrected chi connectivity index (χ3v) is 2.93. The predicted octanol–water partition coefficient (Wildman–Crippen LogP) is 2.54. The van der Waals surface area contributed by atoms with Crippen molar-refractivity contribution in [1.82, 2.24) is 14.6 Å². The summed E-state index contributed by atoms with van der Waals surface area (Å²) in [7, 11) is 0. The number of nitrogens with two attached hydrogens (primary N) is 1. The van der Waals surface area contributed by atoms with Crippen LogP contribution in [-0.2, 0) is 6.61 Å². The van der Waals surface area contributed by atoms with E-state index in [2.05, 4.69) is 10.2 Å². The molecule has 96 valence electrons. The van der Waals surface area contributed by atoms with Crippen LogP contribution in [0.15, 0.2) is 42.6 Å². The fourth-order valence-electron chi connectivity index (χ4n) is 1.73. The van der Waals surface area contributed by atoms with E-state index < -0.39 is 0 Å². The molecule has 2 N–H and O–H groups in total. The second-order valence-corrected chi connectivity index (χ2v) is 4.49. The number of benzene rings is 1. The Balaban J connectivity index is 1.81. The Morgan fingerprint density at radius 3 is 2.68 bits per heavy atom. The van der Waals surface area contributed by atoms with Crippen molar-refractivity contribution < 1.29 is 4.74 Å². The highest BCUT2D eigenvalue weighted by molar-refractivity contribution is 6.30. The Kier molecular flexibility index (Phi) is 2.97. The van der Waals surface area contributed by atoms with Crippen molar-refractivity contribution in [3.8, 4) is 5.75 Å². The minimum atomic E-state index is 0.312. The first-order valence-corrected chi connectivity index (χ1v) is 6.08. The summed E-state index contributed by atoms with van der Waals surface area (Å²) in [6.45, 7) is 0.312. The molecule has 0 radical (unpaired) electrons. The van der Waals surface area contributed by atoms with E-state index in [1.165, 1.54) is 0 Å². The van der Waals surface area contributed by atoms with Gasteiger partial charge in [-0.2, -0.15) is 0 Å². The SMILES string of the molecule is Nc1ccc2nnc(COc3ccc(Cl)cc3)n2c1. The number of pyridine rings is 1. The molecule has 0 fully saturated rings. The Morgan fingerprint density at radius 2 is 1.89 bits per heavy atom.